The lowest BCUT2D eigenvalue weighted by molar-refractivity contribution is 0.321. The van der Waals surface area contributed by atoms with Crippen molar-refractivity contribution >= 4 is 12.4 Å². The van der Waals surface area contributed by atoms with Crippen LogP contribution in [0.4, 0.5) is 4.39 Å². The predicted molar refractivity (Wildman–Crippen MR) is 66.2 cm³/mol. The van der Waals surface area contributed by atoms with E-state index < -0.39 is 0 Å². The molecule has 4 heteroatoms. The fourth-order valence-electron chi connectivity index (χ4n) is 2.19. The van der Waals surface area contributed by atoms with Crippen LogP contribution in [-0.2, 0) is 0 Å². The van der Waals surface area contributed by atoms with E-state index in [1.165, 1.54) is 6.07 Å². The van der Waals surface area contributed by atoms with E-state index in [-0.39, 0.29) is 24.3 Å². The lowest BCUT2D eigenvalue weighted by Crippen LogP contribution is -2.33. The SMILES string of the molecule is Cl.N[C@@H](c1cccc(F)c1)C1CCNCC1. The third-order valence-electron chi connectivity index (χ3n) is 3.13. The van der Waals surface area contributed by atoms with Crippen molar-refractivity contribution in [1.82, 2.24) is 5.32 Å². The number of nitrogens with two attached hydrogens (primary N) is 1. The third kappa shape index (κ3) is 3.17. The minimum Gasteiger partial charge on any atom is -0.324 e. The number of rotatable bonds is 2. The monoisotopic (exact) mass is 244 g/mol. The molecule has 1 aromatic rings. The molecule has 2 rings (SSSR count). The molecule has 0 spiro atoms. The standard InChI is InChI=1S/C12H17FN2.ClH/c13-11-3-1-2-10(8-11)12(14)9-4-6-15-7-5-9;/h1-3,8-9,12,15H,4-7,14H2;1H/t12-;/m1./s1. The summed E-state index contributed by atoms with van der Waals surface area (Å²) in [5.41, 5.74) is 7.06. The second-order valence-electron chi connectivity index (χ2n) is 4.17. The minimum absolute atomic E-state index is 0. The van der Waals surface area contributed by atoms with Crippen LogP contribution in [0, 0.1) is 11.7 Å². The Bertz CT molecular complexity index is 327. The van der Waals surface area contributed by atoms with E-state index in [4.69, 9.17) is 5.73 Å². The third-order valence-corrected chi connectivity index (χ3v) is 3.13. The van der Waals surface area contributed by atoms with Gasteiger partial charge in [0.2, 0.25) is 0 Å². The van der Waals surface area contributed by atoms with E-state index in [1.807, 2.05) is 6.07 Å². The molecule has 0 aromatic heterocycles. The molecule has 1 aromatic carbocycles. The summed E-state index contributed by atoms with van der Waals surface area (Å²) in [5, 5.41) is 3.30. The fraction of sp³-hybridized carbons (Fsp3) is 0.500. The van der Waals surface area contributed by atoms with Crippen LogP contribution < -0.4 is 11.1 Å². The molecule has 1 aliphatic rings. The highest BCUT2D eigenvalue weighted by Crippen LogP contribution is 2.26. The maximum atomic E-state index is 13.0. The van der Waals surface area contributed by atoms with E-state index >= 15 is 0 Å². The molecule has 1 saturated heterocycles. The van der Waals surface area contributed by atoms with Crippen molar-refractivity contribution in [2.75, 3.05) is 13.1 Å². The normalized spacial score (nSPS) is 18.9. The van der Waals surface area contributed by atoms with Gasteiger partial charge in [0.1, 0.15) is 5.82 Å². The summed E-state index contributed by atoms with van der Waals surface area (Å²) in [6.07, 6.45) is 2.16. The van der Waals surface area contributed by atoms with Crippen LogP contribution in [-0.4, -0.2) is 13.1 Å². The van der Waals surface area contributed by atoms with Gasteiger partial charge < -0.3 is 11.1 Å². The molecule has 16 heavy (non-hydrogen) atoms. The first-order valence-corrected chi connectivity index (χ1v) is 5.49. The molecule has 0 unspecified atom stereocenters. The highest BCUT2D eigenvalue weighted by Gasteiger charge is 2.21. The Morgan fingerprint density at radius 2 is 2.00 bits per heavy atom. The molecule has 0 amide bonds. The van der Waals surface area contributed by atoms with Crippen LogP contribution in [0.15, 0.2) is 24.3 Å². The average Bonchev–Trinajstić information content (AvgIpc) is 2.29. The van der Waals surface area contributed by atoms with Crippen LogP contribution in [0.25, 0.3) is 0 Å². The van der Waals surface area contributed by atoms with Gasteiger partial charge in [-0.25, -0.2) is 4.39 Å². The lowest BCUT2D eigenvalue weighted by Gasteiger charge is -2.28. The summed E-state index contributed by atoms with van der Waals surface area (Å²) in [5.74, 6) is 0.282. The van der Waals surface area contributed by atoms with Crippen LogP contribution in [0.5, 0.6) is 0 Å². The summed E-state index contributed by atoms with van der Waals surface area (Å²) in [6.45, 7) is 2.04. The van der Waals surface area contributed by atoms with Gasteiger partial charge in [-0.15, -0.1) is 12.4 Å². The molecule has 1 fully saturated rings. The molecule has 0 radical (unpaired) electrons. The van der Waals surface area contributed by atoms with Gasteiger partial charge in [-0.05, 0) is 49.5 Å². The zero-order valence-electron chi connectivity index (χ0n) is 9.16. The van der Waals surface area contributed by atoms with Crippen LogP contribution in [0.2, 0.25) is 0 Å². The van der Waals surface area contributed by atoms with Crippen molar-refractivity contribution in [2.24, 2.45) is 11.7 Å². The van der Waals surface area contributed by atoms with Crippen LogP contribution >= 0.6 is 12.4 Å². The van der Waals surface area contributed by atoms with E-state index in [2.05, 4.69) is 5.32 Å². The zero-order valence-corrected chi connectivity index (χ0v) is 9.97. The van der Waals surface area contributed by atoms with E-state index in [0.717, 1.165) is 31.5 Å². The summed E-state index contributed by atoms with van der Waals surface area (Å²) in [7, 11) is 0. The van der Waals surface area contributed by atoms with Gasteiger partial charge in [0, 0.05) is 6.04 Å². The molecule has 0 saturated carbocycles. The Morgan fingerprint density at radius 3 is 2.62 bits per heavy atom. The summed E-state index contributed by atoms with van der Waals surface area (Å²) < 4.78 is 13.0. The molecular weight excluding hydrogens is 227 g/mol. The smallest absolute Gasteiger partial charge is 0.123 e. The van der Waals surface area contributed by atoms with Gasteiger partial charge in [0.25, 0.3) is 0 Å². The van der Waals surface area contributed by atoms with Crippen molar-refractivity contribution in [1.29, 1.82) is 0 Å². The van der Waals surface area contributed by atoms with E-state index in [1.54, 1.807) is 12.1 Å². The van der Waals surface area contributed by atoms with Gasteiger partial charge in [-0.1, -0.05) is 12.1 Å². The molecule has 1 aliphatic heterocycles. The highest BCUT2D eigenvalue weighted by molar-refractivity contribution is 5.85. The number of hydrogen-bond donors (Lipinski definition) is 2. The zero-order chi connectivity index (χ0) is 10.7. The maximum Gasteiger partial charge on any atom is 0.123 e. The van der Waals surface area contributed by atoms with Crippen molar-refractivity contribution in [3.8, 4) is 0 Å². The summed E-state index contributed by atoms with van der Waals surface area (Å²) >= 11 is 0. The van der Waals surface area contributed by atoms with Crippen molar-refractivity contribution in [3.05, 3.63) is 35.6 Å². The molecular formula is C12H18ClFN2. The van der Waals surface area contributed by atoms with Gasteiger partial charge in [0.05, 0.1) is 0 Å². The minimum atomic E-state index is -0.197. The number of piperidine rings is 1. The quantitative estimate of drug-likeness (QED) is 0.838. The predicted octanol–water partition coefficient (Wildman–Crippen LogP) is 2.25. The first-order valence-electron chi connectivity index (χ1n) is 5.49. The van der Waals surface area contributed by atoms with Crippen molar-refractivity contribution in [2.45, 2.75) is 18.9 Å². The Balaban J connectivity index is 0.00000128. The number of nitrogens with one attached hydrogen (secondary N) is 1. The molecule has 0 aliphatic carbocycles. The Morgan fingerprint density at radius 1 is 1.31 bits per heavy atom. The molecule has 90 valence electrons. The topological polar surface area (TPSA) is 38.0 Å². The Kier molecular flexibility index (Phi) is 5.19. The maximum absolute atomic E-state index is 13.0. The van der Waals surface area contributed by atoms with Gasteiger partial charge >= 0.3 is 0 Å². The number of hydrogen-bond acceptors (Lipinski definition) is 2. The number of benzene rings is 1. The second kappa shape index (κ2) is 6.18. The van der Waals surface area contributed by atoms with Crippen molar-refractivity contribution in [3.63, 3.8) is 0 Å². The van der Waals surface area contributed by atoms with Crippen molar-refractivity contribution < 1.29 is 4.39 Å². The van der Waals surface area contributed by atoms with Crippen LogP contribution in [0.3, 0.4) is 0 Å². The van der Waals surface area contributed by atoms with E-state index in [9.17, 15) is 4.39 Å². The molecule has 1 atom stereocenters. The lowest BCUT2D eigenvalue weighted by atomic mass is 9.86. The first-order chi connectivity index (χ1) is 7.27. The Hall–Kier alpha value is -0.640. The van der Waals surface area contributed by atoms with E-state index in [0.29, 0.717) is 5.92 Å². The highest BCUT2D eigenvalue weighted by atomic mass is 35.5. The Labute approximate surface area is 102 Å². The van der Waals surface area contributed by atoms with Gasteiger partial charge in [0.15, 0.2) is 0 Å². The fourth-order valence-corrected chi connectivity index (χ4v) is 2.19. The molecule has 3 N–H and O–H groups in total. The van der Waals surface area contributed by atoms with Gasteiger partial charge in [-0.2, -0.15) is 0 Å². The summed E-state index contributed by atoms with van der Waals surface area (Å²) in [6, 6.07) is 6.62. The van der Waals surface area contributed by atoms with Gasteiger partial charge in [-0.3, -0.25) is 0 Å². The average molecular weight is 245 g/mol. The number of halogens is 2. The molecule has 1 heterocycles. The second-order valence-corrected chi connectivity index (χ2v) is 4.17. The summed E-state index contributed by atoms with van der Waals surface area (Å²) in [4.78, 5) is 0. The molecule has 2 nitrogen and oxygen atoms in total. The first kappa shape index (κ1) is 13.4. The molecule has 0 bridgehead atoms. The largest absolute Gasteiger partial charge is 0.324 e. The van der Waals surface area contributed by atoms with Crippen LogP contribution in [0.1, 0.15) is 24.4 Å².